The van der Waals surface area contributed by atoms with Crippen molar-refractivity contribution in [1.82, 2.24) is 4.90 Å². The number of piperidine rings is 1. The van der Waals surface area contributed by atoms with Crippen LogP contribution in [0.5, 0.6) is 5.75 Å². The average molecular weight is 233 g/mol. The topological polar surface area (TPSA) is 40.5 Å². The second-order valence-electron chi connectivity index (χ2n) is 4.86. The van der Waals surface area contributed by atoms with Crippen molar-refractivity contribution in [2.24, 2.45) is 0 Å². The Kier molecular flexibility index (Phi) is 3.36. The average Bonchev–Trinajstić information content (AvgIpc) is 2.29. The fraction of sp³-hybridized carbons (Fsp3) is 0.500. The monoisotopic (exact) mass is 233 g/mol. The summed E-state index contributed by atoms with van der Waals surface area (Å²) in [7, 11) is 0. The number of benzene rings is 1. The van der Waals surface area contributed by atoms with Crippen molar-refractivity contribution >= 4 is 5.91 Å². The lowest BCUT2D eigenvalue weighted by Crippen LogP contribution is -2.47. The van der Waals surface area contributed by atoms with Gasteiger partial charge in [-0.2, -0.15) is 0 Å². The Labute approximate surface area is 102 Å². The molecule has 1 aromatic rings. The number of phenols is 1. The van der Waals surface area contributed by atoms with Crippen LogP contribution < -0.4 is 0 Å². The van der Waals surface area contributed by atoms with Gasteiger partial charge in [0.2, 0.25) is 0 Å². The van der Waals surface area contributed by atoms with Gasteiger partial charge in [-0.15, -0.1) is 0 Å². The number of nitrogens with zero attached hydrogens (tertiary/aromatic N) is 1. The Balaban J connectivity index is 2.27. The lowest BCUT2D eigenvalue weighted by atomic mass is 9.96. The maximum absolute atomic E-state index is 12.4. The first-order valence-electron chi connectivity index (χ1n) is 6.22. The lowest BCUT2D eigenvalue weighted by molar-refractivity contribution is 0.0508. The van der Waals surface area contributed by atoms with Crippen molar-refractivity contribution < 1.29 is 9.90 Å². The van der Waals surface area contributed by atoms with Crippen LogP contribution in [0.3, 0.4) is 0 Å². The van der Waals surface area contributed by atoms with E-state index in [4.69, 9.17) is 0 Å². The van der Waals surface area contributed by atoms with Crippen LogP contribution in [0, 0.1) is 0 Å². The zero-order valence-corrected chi connectivity index (χ0v) is 10.4. The molecule has 0 bridgehead atoms. The highest BCUT2D eigenvalue weighted by atomic mass is 16.3. The van der Waals surface area contributed by atoms with Crippen LogP contribution in [0.15, 0.2) is 24.3 Å². The zero-order valence-electron chi connectivity index (χ0n) is 10.4. The van der Waals surface area contributed by atoms with Gasteiger partial charge in [-0.1, -0.05) is 12.1 Å². The van der Waals surface area contributed by atoms with E-state index in [1.807, 2.05) is 4.90 Å². The fourth-order valence-corrected chi connectivity index (χ4v) is 2.62. The lowest BCUT2D eigenvalue weighted by Gasteiger charge is -2.39. The smallest absolute Gasteiger partial charge is 0.258 e. The Bertz CT molecular complexity index is 406. The summed E-state index contributed by atoms with van der Waals surface area (Å²) in [4.78, 5) is 14.3. The van der Waals surface area contributed by atoms with Crippen LogP contribution in [0.2, 0.25) is 0 Å². The SMILES string of the molecule is CC1CCCC(C)N1C(=O)c1ccccc1O. The van der Waals surface area contributed by atoms with Crippen LogP contribution in [0.25, 0.3) is 0 Å². The van der Waals surface area contributed by atoms with E-state index in [2.05, 4.69) is 13.8 Å². The highest BCUT2D eigenvalue weighted by Crippen LogP contribution is 2.27. The summed E-state index contributed by atoms with van der Waals surface area (Å²) in [5, 5.41) is 9.74. The molecule has 1 N–H and O–H groups in total. The summed E-state index contributed by atoms with van der Waals surface area (Å²) in [5.41, 5.74) is 0.410. The molecule has 1 aliphatic heterocycles. The normalized spacial score (nSPS) is 24.7. The molecular weight excluding hydrogens is 214 g/mol. The van der Waals surface area contributed by atoms with Crippen molar-refractivity contribution in [3.63, 3.8) is 0 Å². The molecule has 92 valence electrons. The molecule has 0 aliphatic carbocycles. The number of carbonyl (C=O) groups excluding carboxylic acids is 1. The first-order chi connectivity index (χ1) is 8.11. The molecule has 1 saturated heterocycles. The molecule has 1 fully saturated rings. The van der Waals surface area contributed by atoms with Gasteiger partial charge in [-0.05, 0) is 45.2 Å². The van der Waals surface area contributed by atoms with E-state index < -0.39 is 0 Å². The molecule has 0 radical (unpaired) electrons. The highest BCUT2D eigenvalue weighted by Gasteiger charge is 2.30. The molecule has 2 unspecified atom stereocenters. The minimum absolute atomic E-state index is 0.0530. The predicted molar refractivity (Wildman–Crippen MR) is 67.1 cm³/mol. The number of rotatable bonds is 1. The number of likely N-dealkylation sites (tertiary alicyclic amines) is 1. The second-order valence-corrected chi connectivity index (χ2v) is 4.86. The molecular formula is C14H19NO2. The van der Waals surface area contributed by atoms with E-state index in [0.717, 1.165) is 12.8 Å². The van der Waals surface area contributed by atoms with Crippen molar-refractivity contribution in [3.8, 4) is 5.75 Å². The van der Waals surface area contributed by atoms with Gasteiger partial charge in [0.05, 0.1) is 5.56 Å². The van der Waals surface area contributed by atoms with Crippen molar-refractivity contribution in [1.29, 1.82) is 0 Å². The quantitative estimate of drug-likeness (QED) is 0.810. The number of amides is 1. The number of hydrogen-bond donors (Lipinski definition) is 1. The molecule has 0 spiro atoms. The van der Waals surface area contributed by atoms with Gasteiger partial charge < -0.3 is 10.0 Å². The van der Waals surface area contributed by atoms with E-state index in [1.54, 1.807) is 24.3 Å². The maximum atomic E-state index is 12.4. The largest absolute Gasteiger partial charge is 0.507 e. The Morgan fingerprint density at radius 3 is 2.41 bits per heavy atom. The Hall–Kier alpha value is -1.51. The van der Waals surface area contributed by atoms with E-state index in [9.17, 15) is 9.90 Å². The first-order valence-corrected chi connectivity index (χ1v) is 6.22. The zero-order chi connectivity index (χ0) is 12.4. The molecule has 1 amide bonds. The molecule has 1 aromatic carbocycles. The number of hydrogen-bond acceptors (Lipinski definition) is 2. The summed E-state index contributed by atoms with van der Waals surface area (Å²) < 4.78 is 0. The molecule has 0 saturated carbocycles. The van der Waals surface area contributed by atoms with E-state index >= 15 is 0 Å². The van der Waals surface area contributed by atoms with Crippen molar-refractivity contribution in [2.45, 2.75) is 45.2 Å². The summed E-state index contributed by atoms with van der Waals surface area (Å²) in [6.45, 7) is 4.15. The van der Waals surface area contributed by atoms with Crippen LogP contribution in [-0.4, -0.2) is 28.0 Å². The third kappa shape index (κ3) is 2.28. The number of aromatic hydroxyl groups is 1. The Morgan fingerprint density at radius 1 is 1.24 bits per heavy atom. The standard InChI is InChI=1S/C14H19NO2/c1-10-6-5-7-11(2)15(10)14(17)12-8-3-4-9-13(12)16/h3-4,8-11,16H,5-7H2,1-2H3. The van der Waals surface area contributed by atoms with Gasteiger partial charge in [0.25, 0.3) is 5.91 Å². The molecule has 2 atom stereocenters. The van der Waals surface area contributed by atoms with Crippen LogP contribution in [-0.2, 0) is 0 Å². The molecule has 17 heavy (non-hydrogen) atoms. The summed E-state index contributed by atoms with van der Waals surface area (Å²) >= 11 is 0. The number of carbonyl (C=O) groups is 1. The van der Waals surface area contributed by atoms with E-state index in [-0.39, 0.29) is 23.7 Å². The fourth-order valence-electron chi connectivity index (χ4n) is 2.62. The Morgan fingerprint density at radius 2 is 1.82 bits per heavy atom. The van der Waals surface area contributed by atoms with E-state index in [1.165, 1.54) is 6.42 Å². The van der Waals surface area contributed by atoms with Gasteiger partial charge in [-0.3, -0.25) is 4.79 Å². The third-order valence-corrected chi connectivity index (χ3v) is 3.56. The minimum Gasteiger partial charge on any atom is -0.507 e. The second kappa shape index (κ2) is 4.78. The van der Waals surface area contributed by atoms with Crippen LogP contribution in [0.4, 0.5) is 0 Å². The van der Waals surface area contributed by atoms with Gasteiger partial charge in [0, 0.05) is 12.1 Å². The molecule has 0 aromatic heterocycles. The molecule has 3 nitrogen and oxygen atoms in total. The number of phenolic OH excluding ortho intramolecular Hbond substituents is 1. The molecule has 2 rings (SSSR count). The summed E-state index contributed by atoms with van der Waals surface area (Å²) in [6, 6.07) is 7.27. The summed E-state index contributed by atoms with van der Waals surface area (Å²) in [6.07, 6.45) is 3.26. The maximum Gasteiger partial charge on any atom is 0.258 e. The minimum atomic E-state index is -0.0530. The predicted octanol–water partition coefficient (Wildman–Crippen LogP) is 2.80. The van der Waals surface area contributed by atoms with E-state index in [0.29, 0.717) is 5.56 Å². The molecule has 1 aliphatic rings. The molecule has 1 heterocycles. The third-order valence-electron chi connectivity index (χ3n) is 3.56. The van der Waals surface area contributed by atoms with Crippen molar-refractivity contribution in [2.75, 3.05) is 0 Å². The van der Waals surface area contributed by atoms with Crippen LogP contribution >= 0.6 is 0 Å². The van der Waals surface area contributed by atoms with Crippen LogP contribution in [0.1, 0.15) is 43.5 Å². The van der Waals surface area contributed by atoms with Crippen molar-refractivity contribution in [3.05, 3.63) is 29.8 Å². The number of para-hydroxylation sites is 1. The van der Waals surface area contributed by atoms with Gasteiger partial charge >= 0.3 is 0 Å². The van der Waals surface area contributed by atoms with Gasteiger partial charge in [-0.25, -0.2) is 0 Å². The first kappa shape index (κ1) is 12.0. The molecule has 3 heteroatoms. The highest BCUT2D eigenvalue weighted by molar-refractivity contribution is 5.97. The van der Waals surface area contributed by atoms with Gasteiger partial charge in [0.1, 0.15) is 5.75 Å². The van der Waals surface area contributed by atoms with Gasteiger partial charge in [0.15, 0.2) is 0 Å². The summed E-state index contributed by atoms with van der Waals surface area (Å²) in [5.74, 6) is 0.0188.